The predicted molar refractivity (Wildman–Crippen MR) is 91.9 cm³/mol. The van der Waals surface area contributed by atoms with Crippen LogP contribution in [0.5, 0.6) is 0 Å². The molecule has 0 spiro atoms. The summed E-state index contributed by atoms with van der Waals surface area (Å²) in [6, 6.07) is 16.0. The van der Waals surface area contributed by atoms with E-state index in [9.17, 15) is 9.59 Å². The number of carbonyl (C=O) groups excluding carboxylic acids is 2. The second-order valence-corrected chi connectivity index (χ2v) is 6.27. The first-order valence-corrected chi connectivity index (χ1v) is 7.64. The van der Waals surface area contributed by atoms with Crippen molar-refractivity contribution in [1.29, 1.82) is 0 Å². The molecular formula is C19H21NO4. The lowest BCUT2D eigenvalue weighted by Crippen LogP contribution is -2.27. The van der Waals surface area contributed by atoms with E-state index >= 15 is 0 Å². The summed E-state index contributed by atoms with van der Waals surface area (Å²) in [5.41, 5.74) is 1.16. The average Bonchev–Trinajstić information content (AvgIpc) is 2.52. The molecule has 5 heteroatoms. The summed E-state index contributed by atoms with van der Waals surface area (Å²) in [7, 11) is 0. The molecule has 1 amide bonds. The molecule has 2 rings (SSSR count). The molecule has 0 unspecified atom stereocenters. The van der Waals surface area contributed by atoms with Crippen molar-refractivity contribution in [3.63, 3.8) is 0 Å². The summed E-state index contributed by atoms with van der Waals surface area (Å²) in [6.07, 6.45) is -0.572. The largest absolute Gasteiger partial charge is 0.457 e. The van der Waals surface area contributed by atoms with Crippen molar-refractivity contribution in [3.8, 4) is 0 Å². The first-order valence-electron chi connectivity index (χ1n) is 7.64. The minimum Gasteiger partial charge on any atom is -0.457 e. The highest BCUT2D eigenvalue weighted by Gasteiger charge is 2.16. The Labute approximate surface area is 141 Å². The predicted octanol–water partition coefficient (Wildman–Crippen LogP) is 4.39. The fraction of sp³-hybridized carbons (Fsp3) is 0.263. The third-order valence-electron chi connectivity index (χ3n) is 2.96. The van der Waals surface area contributed by atoms with Gasteiger partial charge in [0.05, 0.1) is 5.56 Å². The van der Waals surface area contributed by atoms with E-state index in [1.807, 2.05) is 30.3 Å². The molecule has 0 radical (unpaired) electrons. The van der Waals surface area contributed by atoms with Gasteiger partial charge in [-0.3, -0.25) is 5.32 Å². The molecule has 24 heavy (non-hydrogen) atoms. The lowest BCUT2D eigenvalue weighted by molar-refractivity contribution is 0.0471. The van der Waals surface area contributed by atoms with Crippen LogP contribution in [0.25, 0.3) is 0 Å². The van der Waals surface area contributed by atoms with Gasteiger partial charge in [-0.25, -0.2) is 9.59 Å². The van der Waals surface area contributed by atoms with Crippen LogP contribution in [0.15, 0.2) is 54.6 Å². The number of rotatable bonds is 4. The minimum absolute atomic E-state index is 0.198. The molecular weight excluding hydrogens is 306 g/mol. The van der Waals surface area contributed by atoms with E-state index in [1.54, 1.807) is 45.0 Å². The van der Waals surface area contributed by atoms with Crippen molar-refractivity contribution in [2.24, 2.45) is 0 Å². The molecule has 0 fully saturated rings. The number of anilines is 1. The second kappa shape index (κ2) is 7.64. The van der Waals surface area contributed by atoms with Gasteiger partial charge in [0.1, 0.15) is 12.2 Å². The number of hydrogen-bond acceptors (Lipinski definition) is 4. The Morgan fingerprint density at radius 1 is 1.00 bits per heavy atom. The number of nitrogens with one attached hydrogen (secondary N) is 1. The summed E-state index contributed by atoms with van der Waals surface area (Å²) in [5, 5.41) is 2.60. The van der Waals surface area contributed by atoms with Gasteiger partial charge < -0.3 is 9.47 Å². The number of benzene rings is 2. The molecule has 0 saturated carbocycles. The van der Waals surface area contributed by atoms with Crippen molar-refractivity contribution in [2.45, 2.75) is 33.0 Å². The monoisotopic (exact) mass is 327 g/mol. The Morgan fingerprint density at radius 3 is 2.38 bits per heavy atom. The number of hydrogen-bond donors (Lipinski definition) is 1. The normalized spacial score (nSPS) is 10.8. The van der Waals surface area contributed by atoms with Gasteiger partial charge in [0, 0.05) is 5.69 Å². The van der Waals surface area contributed by atoms with Gasteiger partial charge in [0.25, 0.3) is 0 Å². The van der Waals surface area contributed by atoms with E-state index < -0.39 is 17.7 Å². The van der Waals surface area contributed by atoms with Gasteiger partial charge in [0.2, 0.25) is 0 Å². The molecule has 0 bridgehead atoms. The summed E-state index contributed by atoms with van der Waals surface area (Å²) in [5.74, 6) is -0.452. The van der Waals surface area contributed by atoms with E-state index in [2.05, 4.69) is 5.32 Å². The van der Waals surface area contributed by atoms with Crippen LogP contribution in [0.3, 0.4) is 0 Å². The smallest absolute Gasteiger partial charge is 0.412 e. The first-order chi connectivity index (χ1) is 11.3. The maximum Gasteiger partial charge on any atom is 0.412 e. The van der Waals surface area contributed by atoms with E-state index in [1.165, 1.54) is 0 Å². The van der Waals surface area contributed by atoms with Crippen LogP contribution in [-0.2, 0) is 16.1 Å². The number of ether oxygens (including phenoxy) is 2. The van der Waals surface area contributed by atoms with Crippen molar-refractivity contribution in [3.05, 3.63) is 65.7 Å². The summed E-state index contributed by atoms with van der Waals surface area (Å²) < 4.78 is 10.5. The molecule has 0 aromatic heterocycles. The average molecular weight is 327 g/mol. The Kier molecular flexibility index (Phi) is 5.58. The van der Waals surface area contributed by atoms with Crippen LogP contribution in [0, 0.1) is 0 Å². The lowest BCUT2D eigenvalue weighted by Gasteiger charge is -2.19. The highest BCUT2D eigenvalue weighted by Crippen LogP contribution is 2.15. The van der Waals surface area contributed by atoms with Crippen LogP contribution in [0.2, 0.25) is 0 Å². The van der Waals surface area contributed by atoms with E-state index in [4.69, 9.17) is 9.47 Å². The SMILES string of the molecule is CC(C)(C)OC(=O)Nc1cccc(C(=O)OCc2ccccc2)c1. The van der Waals surface area contributed by atoms with Gasteiger partial charge >= 0.3 is 12.1 Å². The topological polar surface area (TPSA) is 64.6 Å². The molecule has 126 valence electrons. The molecule has 0 aliphatic heterocycles. The maximum atomic E-state index is 12.1. The molecule has 0 aliphatic rings. The van der Waals surface area contributed by atoms with E-state index in [0.717, 1.165) is 5.56 Å². The molecule has 0 aliphatic carbocycles. The van der Waals surface area contributed by atoms with Crippen LogP contribution >= 0.6 is 0 Å². The zero-order chi connectivity index (χ0) is 17.6. The molecule has 2 aromatic carbocycles. The fourth-order valence-electron chi connectivity index (χ4n) is 1.95. The Bertz CT molecular complexity index is 705. The number of esters is 1. The van der Waals surface area contributed by atoms with Crippen LogP contribution in [0.4, 0.5) is 10.5 Å². The molecule has 5 nitrogen and oxygen atoms in total. The van der Waals surface area contributed by atoms with Crippen molar-refractivity contribution in [1.82, 2.24) is 0 Å². The Balaban J connectivity index is 1.96. The van der Waals surface area contributed by atoms with E-state index in [0.29, 0.717) is 11.3 Å². The standard InChI is InChI=1S/C19H21NO4/c1-19(2,3)24-18(22)20-16-11-7-10-15(12-16)17(21)23-13-14-8-5-4-6-9-14/h4-12H,13H2,1-3H3,(H,20,22). The zero-order valence-electron chi connectivity index (χ0n) is 14.0. The van der Waals surface area contributed by atoms with E-state index in [-0.39, 0.29) is 6.61 Å². The molecule has 0 atom stereocenters. The van der Waals surface area contributed by atoms with Gasteiger partial charge in [-0.05, 0) is 44.5 Å². The van der Waals surface area contributed by atoms with Crippen LogP contribution < -0.4 is 5.32 Å². The first kappa shape index (κ1) is 17.5. The quantitative estimate of drug-likeness (QED) is 0.846. The van der Waals surface area contributed by atoms with Crippen LogP contribution in [0.1, 0.15) is 36.7 Å². The number of amides is 1. The summed E-state index contributed by atoms with van der Waals surface area (Å²) >= 11 is 0. The molecule has 1 N–H and O–H groups in total. The minimum atomic E-state index is -0.587. The van der Waals surface area contributed by atoms with Crippen molar-refractivity contribution in [2.75, 3.05) is 5.32 Å². The Hall–Kier alpha value is -2.82. The molecule has 0 heterocycles. The Morgan fingerprint density at radius 2 is 1.71 bits per heavy atom. The second-order valence-electron chi connectivity index (χ2n) is 6.27. The number of carbonyl (C=O) groups is 2. The highest BCUT2D eigenvalue weighted by molar-refractivity contribution is 5.92. The third-order valence-corrected chi connectivity index (χ3v) is 2.96. The van der Waals surface area contributed by atoms with Gasteiger partial charge in [-0.15, -0.1) is 0 Å². The highest BCUT2D eigenvalue weighted by atomic mass is 16.6. The van der Waals surface area contributed by atoms with Gasteiger partial charge in [-0.2, -0.15) is 0 Å². The summed E-state index contributed by atoms with van der Waals surface area (Å²) in [4.78, 5) is 23.9. The summed E-state index contributed by atoms with van der Waals surface area (Å²) in [6.45, 7) is 5.54. The van der Waals surface area contributed by atoms with Crippen molar-refractivity contribution < 1.29 is 19.1 Å². The zero-order valence-corrected chi connectivity index (χ0v) is 14.0. The lowest BCUT2D eigenvalue weighted by atomic mass is 10.2. The van der Waals surface area contributed by atoms with Crippen LogP contribution in [-0.4, -0.2) is 17.7 Å². The maximum absolute atomic E-state index is 12.1. The fourth-order valence-corrected chi connectivity index (χ4v) is 1.95. The van der Waals surface area contributed by atoms with Gasteiger partial charge in [-0.1, -0.05) is 36.4 Å². The molecule has 0 saturated heterocycles. The van der Waals surface area contributed by atoms with Gasteiger partial charge in [0.15, 0.2) is 0 Å². The third kappa shape index (κ3) is 5.76. The van der Waals surface area contributed by atoms with Crippen molar-refractivity contribution >= 4 is 17.7 Å². The molecule has 2 aromatic rings.